The molecule has 0 spiro atoms. The molecule has 2 heterocycles. The Kier molecular flexibility index (Phi) is 5.38. The Bertz CT molecular complexity index is 1200. The van der Waals surface area contributed by atoms with Crippen molar-refractivity contribution in [1.82, 2.24) is 0 Å². The molecule has 2 aliphatic heterocycles. The van der Waals surface area contributed by atoms with Crippen molar-refractivity contribution >= 4 is 11.9 Å². The number of ketones is 1. The van der Waals surface area contributed by atoms with Gasteiger partial charge in [-0.05, 0) is 71.9 Å². The molecule has 0 unspecified atom stereocenters. The zero-order valence-electron chi connectivity index (χ0n) is 20.8. The second kappa shape index (κ2) is 8.04. The summed E-state index contributed by atoms with van der Waals surface area (Å²) in [6, 6.07) is 9.71. The van der Waals surface area contributed by atoms with Crippen molar-refractivity contribution in [2.24, 2.45) is 5.92 Å². The van der Waals surface area contributed by atoms with E-state index in [4.69, 9.17) is 9.47 Å². The molecule has 2 aromatic carbocycles. The van der Waals surface area contributed by atoms with Gasteiger partial charge in [-0.2, -0.15) is 0 Å². The van der Waals surface area contributed by atoms with Gasteiger partial charge in [-0.3, -0.25) is 4.79 Å². The van der Waals surface area contributed by atoms with Crippen LogP contribution in [0.5, 0.6) is 17.2 Å². The van der Waals surface area contributed by atoms with E-state index >= 15 is 0 Å². The maximum Gasteiger partial charge on any atom is 0.193 e. The summed E-state index contributed by atoms with van der Waals surface area (Å²) in [6.45, 7) is 10.5. The van der Waals surface area contributed by atoms with Crippen molar-refractivity contribution in [3.63, 3.8) is 0 Å². The van der Waals surface area contributed by atoms with E-state index in [0.29, 0.717) is 23.7 Å². The van der Waals surface area contributed by atoms with Gasteiger partial charge in [0.1, 0.15) is 34.0 Å². The van der Waals surface area contributed by atoms with Gasteiger partial charge in [-0.15, -0.1) is 0 Å². The number of phenolic OH excluding ortho intramolecular Hbond substituents is 1. The van der Waals surface area contributed by atoms with Gasteiger partial charge >= 0.3 is 0 Å². The third-order valence-electron chi connectivity index (χ3n) is 7.80. The molecule has 0 radical (unpaired) electrons. The van der Waals surface area contributed by atoms with Crippen molar-refractivity contribution in [3.8, 4) is 17.2 Å². The molecule has 0 aromatic heterocycles. The largest absolute Gasteiger partial charge is 0.507 e. The molecule has 2 aromatic rings. The molecule has 4 heteroatoms. The molecular formula is C30H34O4. The number of carbonyl (C=O) groups excluding carboxylic acids is 1. The molecular weight excluding hydrogens is 424 g/mol. The maximum atomic E-state index is 13.6. The molecule has 1 saturated carbocycles. The van der Waals surface area contributed by atoms with Gasteiger partial charge in [-0.1, -0.05) is 48.1 Å². The van der Waals surface area contributed by atoms with E-state index in [-0.39, 0.29) is 28.6 Å². The Morgan fingerprint density at radius 3 is 2.56 bits per heavy atom. The molecule has 3 aliphatic rings. The molecule has 1 aliphatic carbocycles. The number of rotatable bonds is 5. The summed E-state index contributed by atoms with van der Waals surface area (Å²) in [7, 11) is 0. The van der Waals surface area contributed by atoms with E-state index in [1.807, 2.05) is 44.2 Å². The Morgan fingerprint density at radius 1 is 1.12 bits per heavy atom. The minimum Gasteiger partial charge on any atom is -0.507 e. The molecule has 4 nitrogen and oxygen atoms in total. The summed E-state index contributed by atoms with van der Waals surface area (Å²) in [5.41, 5.74) is 3.32. The second-order valence-corrected chi connectivity index (χ2v) is 11.1. The first kappa shape index (κ1) is 22.8. The van der Waals surface area contributed by atoms with Crippen LogP contribution in [0.15, 0.2) is 48.1 Å². The van der Waals surface area contributed by atoms with Crippen molar-refractivity contribution in [2.45, 2.75) is 77.4 Å². The summed E-state index contributed by atoms with van der Waals surface area (Å²) in [5.74, 6) is 1.55. The molecule has 5 rings (SSSR count). The van der Waals surface area contributed by atoms with Crippen LogP contribution in [0, 0.1) is 5.92 Å². The van der Waals surface area contributed by atoms with E-state index in [0.717, 1.165) is 41.7 Å². The normalized spacial score (nSPS) is 25.9. The molecule has 1 N–H and O–H groups in total. The first-order chi connectivity index (χ1) is 16.1. The number of hydrogen-bond acceptors (Lipinski definition) is 4. The number of carbonyl (C=O) groups is 1. The predicted molar refractivity (Wildman–Crippen MR) is 135 cm³/mol. The zero-order valence-corrected chi connectivity index (χ0v) is 20.8. The minimum absolute atomic E-state index is 0.0215. The molecule has 0 saturated heterocycles. The Hall–Kier alpha value is -3.01. The fourth-order valence-electron chi connectivity index (χ4n) is 6.05. The van der Waals surface area contributed by atoms with Gasteiger partial charge < -0.3 is 14.6 Å². The number of hydrogen-bond donors (Lipinski definition) is 1. The molecule has 0 amide bonds. The highest BCUT2D eigenvalue weighted by molar-refractivity contribution is 6.11. The van der Waals surface area contributed by atoms with Gasteiger partial charge in [0.2, 0.25) is 0 Å². The molecule has 34 heavy (non-hydrogen) atoms. The SMILES string of the molecule is CC(C)=CCc1c(O)c(C(=O)/C=C/c2ccccc2)c2c3c1O[C@]1(C)CC[C@@H]([C@@H]3C1)C(C)(C)O2. The zero-order chi connectivity index (χ0) is 24.3. The van der Waals surface area contributed by atoms with Crippen molar-refractivity contribution in [3.05, 3.63) is 70.3 Å². The van der Waals surface area contributed by atoms with Crippen LogP contribution < -0.4 is 9.47 Å². The monoisotopic (exact) mass is 458 g/mol. The third-order valence-corrected chi connectivity index (χ3v) is 7.80. The fourth-order valence-corrected chi connectivity index (χ4v) is 6.05. The lowest BCUT2D eigenvalue weighted by Gasteiger charge is -2.55. The lowest BCUT2D eigenvalue weighted by molar-refractivity contribution is -0.0735. The van der Waals surface area contributed by atoms with Gasteiger partial charge in [0.05, 0.1) is 0 Å². The first-order valence-corrected chi connectivity index (χ1v) is 12.3. The molecule has 1 fully saturated rings. The first-order valence-electron chi connectivity index (χ1n) is 12.3. The molecule has 178 valence electrons. The number of fused-ring (bicyclic) bond motifs is 1. The average molecular weight is 459 g/mol. The van der Waals surface area contributed by atoms with Crippen LogP contribution >= 0.6 is 0 Å². The summed E-state index contributed by atoms with van der Waals surface area (Å²) < 4.78 is 13.2. The highest BCUT2D eigenvalue weighted by Gasteiger charge is 2.55. The van der Waals surface area contributed by atoms with Crippen LogP contribution in [0.3, 0.4) is 0 Å². The highest BCUT2D eigenvalue weighted by atomic mass is 16.5. The third kappa shape index (κ3) is 3.73. The van der Waals surface area contributed by atoms with Gasteiger partial charge in [0.25, 0.3) is 0 Å². The number of ether oxygens (including phenoxy) is 2. The smallest absolute Gasteiger partial charge is 0.193 e. The minimum atomic E-state index is -0.431. The average Bonchev–Trinajstić information content (AvgIpc) is 2.76. The van der Waals surface area contributed by atoms with Gasteiger partial charge in [0, 0.05) is 23.0 Å². The highest BCUT2D eigenvalue weighted by Crippen LogP contribution is 2.63. The van der Waals surface area contributed by atoms with Crippen LogP contribution in [0.2, 0.25) is 0 Å². The van der Waals surface area contributed by atoms with Gasteiger partial charge in [-0.25, -0.2) is 0 Å². The summed E-state index contributed by atoms with van der Waals surface area (Å²) in [4.78, 5) is 13.6. The Labute approximate surface area is 202 Å². The Balaban J connectivity index is 1.72. The molecule has 2 bridgehead atoms. The lowest BCUT2D eigenvalue weighted by Crippen LogP contribution is -2.54. The van der Waals surface area contributed by atoms with Crippen molar-refractivity contribution < 1.29 is 19.4 Å². The predicted octanol–water partition coefficient (Wildman–Crippen LogP) is 7.00. The van der Waals surface area contributed by atoms with Crippen LogP contribution in [0.4, 0.5) is 0 Å². The van der Waals surface area contributed by atoms with E-state index in [9.17, 15) is 9.90 Å². The maximum absolute atomic E-state index is 13.6. The van der Waals surface area contributed by atoms with Crippen LogP contribution in [0.25, 0.3) is 6.08 Å². The van der Waals surface area contributed by atoms with E-state index in [2.05, 4.69) is 26.8 Å². The van der Waals surface area contributed by atoms with E-state index in [1.54, 1.807) is 6.08 Å². The van der Waals surface area contributed by atoms with Crippen molar-refractivity contribution in [1.29, 1.82) is 0 Å². The van der Waals surface area contributed by atoms with Crippen LogP contribution in [-0.2, 0) is 6.42 Å². The van der Waals surface area contributed by atoms with Crippen molar-refractivity contribution in [2.75, 3.05) is 0 Å². The van der Waals surface area contributed by atoms with Gasteiger partial charge in [0.15, 0.2) is 5.78 Å². The van der Waals surface area contributed by atoms with Crippen LogP contribution in [-0.4, -0.2) is 22.1 Å². The standard InChI is InChI=1S/C30H34O4/c1-18(2)11-13-20-26(32)25(23(31)14-12-19-9-7-6-8-10-19)28-24-21-17-30(5,34-27(20)24)16-15-22(21)29(3,4)33-28/h6-12,14,21-22,32H,13,15-17H2,1-5H3/b14-12+/t21-,22-,30+/m0/s1. The lowest BCUT2D eigenvalue weighted by atomic mass is 9.61. The Morgan fingerprint density at radius 2 is 1.85 bits per heavy atom. The second-order valence-electron chi connectivity index (χ2n) is 11.1. The molecule has 3 atom stereocenters. The topological polar surface area (TPSA) is 55.8 Å². The number of allylic oxidation sites excluding steroid dienone is 3. The van der Waals surface area contributed by atoms with E-state index in [1.165, 1.54) is 6.08 Å². The number of benzene rings is 2. The quantitative estimate of drug-likeness (QED) is 0.298. The number of aromatic hydroxyl groups is 1. The summed E-state index contributed by atoms with van der Waals surface area (Å²) in [6.07, 6.45) is 8.80. The van der Waals surface area contributed by atoms with Crippen LogP contribution in [0.1, 0.15) is 86.8 Å². The summed E-state index contributed by atoms with van der Waals surface area (Å²) in [5, 5.41) is 11.5. The van der Waals surface area contributed by atoms with E-state index < -0.39 is 5.60 Å². The fraction of sp³-hybridized carbons (Fsp3) is 0.433. The summed E-state index contributed by atoms with van der Waals surface area (Å²) >= 11 is 0. The number of phenols is 1.